The van der Waals surface area contributed by atoms with Crippen LogP contribution in [0.4, 0.5) is 4.39 Å². The quantitative estimate of drug-likeness (QED) is 0.721. The Hall–Kier alpha value is -1.99. The molecular weight excluding hydrogens is 383 g/mol. The third-order valence-electron chi connectivity index (χ3n) is 5.00. The van der Waals surface area contributed by atoms with Gasteiger partial charge in [0.2, 0.25) is 17.6 Å². The molecule has 1 aliphatic rings. The van der Waals surface area contributed by atoms with E-state index >= 15 is 0 Å². The van der Waals surface area contributed by atoms with Gasteiger partial charge in [-0.05, 0) is 62.5 Å². The van der Waals surface area contributed by atoms with Crippen molar-refractivity contribution in [2.45, 2.75) is 39.0 Å². The maximum atomic E-state index is 13.0. The first-order valence-corrected chi connectivity index (χ1v) is 9.72. The van der Waals surface area contributed by atoms with E-state index in [1.807, 2.05) is 4.90 Å². The van der Waals surface area contributed by atoms with Gasteiger partial charge in [-0.15, -0.1) is 12.4 Å². The lowest BCUT2D eigenvalue weighted by Gasteiger charge is -2.32. The van der Waals surface area contributed by atoms with E-state index in [2.05, 4.69) is 22.4 Å². The first kappa shape index (κ1) is 22.3. The van der Waals surface area contributed by atoms with E-state index in [4.69, 9.17) is 4.52 Å². The molecule has 1 saturated heterocycles. The van der Waals surface area contributed by atoms with Gasteiger partial charge in [-0.25, -0.2) is 4.39 Å². The summed E-state index contributed by atoms with van der Waals surface area (Å²) in [5, 5.41) is 7.31. The monoisotopic (exact) mass is 410 g/mol. The van der Waals surface area contributed by atoms with Crippen LogP contribution in [-0.4, -0.2) is 47.1 Å². The average molecular weight is 411 g/mol. The van der Waals surface area contributed by atoms with Crippen molar-refractivity contribution >= 4 is 18.3 Å². The Bertz CT molecular complexity index is 730. The van der Waals surface area contributed by atoms with E-state index in [-0.39, 0.29) is 24.1 Å². The Morgan fingerprint density at radius 3 is 2.68 bits per heavy atom. The first-order chi connectivity index (χ1) is 13.2. The van der Waals surface area contributed by atoms with E-state index in [9.17, 15) is 9.18 Å². The second-order valence-corrected chi connectivity index (χ2v) is 7.00. The molecule has 0 atom stereocenters. The molecule has 6 nitrogen and oxygen atoms in total. The molecule has 1 N–H and O–H groups in total. The summed E-state index contributed by atoms with van der Waals surface area (Å²) >= 11 is 0. The number of aromatic nitrogens is 2. The van der Waals surface area contributed by atoms with Crippen molar-refractivity contribution in [1.29, 1.82) is 0 Å². The number of hydrogen-bond acceptors (Lipinski definition) is 5. The van der Waals surface area contributed by atoms with Crippen LogP contribution in [0.2, 0.25) is 0 Å². The molecule has 0 bridgehead atoms. The standard InChI is InChI=1S/C20H27FN4O2.ClH/c1-2-22-14-15-10-12-25(13-11-15)19(26)5-3-4-18-23-20(24-27-18)16-6-8-17(21)9-7-16;/h6-9,15,22H,2-5,10-14H2,1H3;1H. The minimum atomic E-state index is -0.299. The molecule has 28 heavy (non-hydrogen) atoms. The van der Waals surface area contributed by atoms with Gasteiger partial charge in [0.05, 0.1) is 0 Å². The largest absolute Gasteiger partial charge is 0.343 e. The molecule has 1 aliphatic heterocycles. The molecule has 1 fully saturated rings. The van der Waals surface area contributed by atoms with Crippen molar-refractivity contribution in [3.05, 3.63) is 36.0 Å². The summed E-state index contributed by atoms with van der Waals surface area (Å²) in [6.07, 6.45) is 3.89. The van der Waals surface area contributed by atoms with Crippen LogP contribution in [-0.2, 0) is 11.2 Å². The Labute approximate surface area is 171 Å². The number of amides is 1. The van der Waals surface area contributed by atoms with Crippen LogP contribution in [0.5, 0.6) is 0 Å². The molecule has 0 aliphatic carbocycles. The van der Waals surface area contributed by atoms with Gasteiger partial charge in [-0.2, -0.15) is 4.98 Å². The van der Waals surface area contributed by atoms with Crippen molar-refractivity contribution in [1.82, 2.24) is 20.4 Å². The van der Waals surface area contributed by atoms with Crippen LogP contribution in [0, 0.1) is 11.7 Å². The molecule has 8 heteroatoms. The van der Waals surface area contributed by atoms with Crippen LogP contribution in [0.25, 0.3) is 11.4 Å². The van der Waals surface area contributed by atoms with Crippen molar-refractivity contribution in [2.75, 3.05) is 26.2 Å². The Morgan fingerprint density at radius 2 is 2.00 bits per heavy atom. The second-order valence-electron chi connectivity index (χ2n) is 7.00. The zero-order chi connectivity index (χ0) is 19.1. The molecule has 154 valence electrons. The number of nitrogens with one attached hydrogen (secondary N) is 1. The minimum Gasteiger partial charge on any atom is -0.343 e. The molecule has 1 aromatic carbocycles. The number of halogens is 2. The number of benzene rings is 1. The highest BCUT2D eigenvalue weighted by molar-refractivity contribution is 5.85. The molecule has 0 saturated carbocycles. The number of likely N-dealkylation sites (tertiary alicyclic amines) is 1. The highest BCUT2D eigenvalue weighted by atomic mass is 35.5. The molecule has 2 aromatic rings. The fraction of sp³-hybridized carbons (Fsp3) is 0.550. The fourth-order valence-electron chi connectivity index (χ4n) is 3.36. The van der Waals surface area contributed by atoms with E-state index in [0.717, 1.165) is 39.0 Å². The molecule has 1 amide bonds. The normalized spacial score (nSPS) is 14.7. The van der Waals surface area contributed by atoms with Crippen LogP contribution in [0.15, 0.2) is 28.8 Å². The van der Waals surface area contributed by atoms with Crippen LogP contribution in [0.1, 0.15) is 38.5 Å². The maximum absolute atomic E-state index is 13.0. The van der Waals surface area contributed by atoms with E-state index in [1.165, 1.54) is 12.1 Å². The van der Waals surface area contributed by atoms with Crippen LogP contribution in [0.3, 0.4) is 0 Å². The molecule has 0 spiro atoms. The van der Waals surface area contributed by atoms with E-state index < -0.39 is 0 Å². The summed E-state index contributed by atoms with van der Waals surface area (Å²) in [7, 11) is 0. The summed E-state index contributed by atoms with van der Waals surface area (Å²) in [5.74, 6) is 1.53. The smallest absolute Gasteiger partial charge is 0.226 e. The predicted molar refractivity (Wildman–Crippen MR) is 108 cm³/mol. The fourth-order valence-corrected chi connectivity index (χ4v) is 3.36. The zero-order valence-electron chi connectivity index (χ0n) is 16.2. The van der Waals surface area contributed by atoms with Crippen molar-refractivity contribution < 1.29 is 13.7 Å². The van der Waals surface area contributed by atoms with Crippen molar-refractivity contribution in [3.63, 3.8) is 0 Å². The Balaban J connectivity index is 0.00000280. The number of carbonyl (C=O) groups is 1. The minimum absolute atomic E-state index is 0. The summed E-state index contributed by atoms with van der Waals surface area (Å²) in [5.41, 5.74) is 0.711. The lowest BCUT2D eigenvalue weighted by Crippen LogP contribution is -2.40. The highest BCUT2D eigenvalue weighted by Gasteiger charge is 2.22. The topological polar surface area (TPSA) is 71.3 Å². The van der Waals surface area contributed by atoms with Gasteiger partial charge in [-0.3, -0.25) is 4.79 Å². The second kappa shape index (κ2) is 11.1. The highest BCUT2D eigenvalue weighted by Crippen LogP contribution is 2.19. The number of piperidine rings is 1. The van der Waals surface area contributed by atoms with Gasteiger partial charge in [0.15, 0.2) is 0 Å². The third kappa shape index (κ3) is 6.27. The molecule has 0 unspecified atom stereocenters. The van der Waals surface area contributed by atoms with Gasteiger partial charge >= 0.3 is 0 Å². The van der Waals surface area contributed by atoms with Gasteiger partial charge < -0.3 is 14.7 Å². The predicted octanol–water partition coefficient (Wildman–Crippen LogP) is 3.47. The van der Waals surface area contributed by atoms with Crippen LogP contribution < -0.4 is 5.32 Å². The summed E-state index contributed by atoms with van der Waals surface area (Å²) < 4.78 is 18.2. The van der Waals surface area contributed by atoms with Gasteiger partial charge in [0.25, 0.3) is 0 Å². The van der Waals surface area contributed by atoms with Crippen LogP contribution >= 0.6 is 12.4 Å². The third-order valence-corrected chi connectivity index (χ3v) is 5.00. The molecule has 2 heterocycles. The van der Waals surface area contributed by atoms with Gasteiger partial charge in [-0.1, -0.05) is 12.1 Å². The Kier molecular flexibility index (Phi) is 8.86. The number of nitrogens with zero attached hydrogens (tertiary/aromatic N) is 3. The molecule has 3 rings (SSSR count). The van der Waals surface area contributed by atoms with Gasteiger partial charge in [0.1, 0.15) is 5.82 Å². The van der Waals surface area contributed by atoms with Crippen molar-refractivity contribution in [2.24, 2.45) is 5.92 Å². The zero-order valence-corrected chi connectivity index (χ0v) is 17.0. The number of carbonyl (C=O) groups excluding carboxylic acids is 1. The number of rotatable bonds is 8. The first-order valence-electron chi connectivity index (χ1n) is 9.72. The summed E-state index contributed by atoms with van der Waals surface area (Å²) in [6, 6.07) is 5.97. The maximum Gasteiger partial charge on any atom is 0.226 e. The van der Waals surface area contributed by atoms with Crippen molar-refractivity contribution in [3.8, 4) is 11.4 Å². The molecular formula is C20H28ClFN4O2. The Morgan fingerprint density at radius 1 is 1.29 bits per heavy atom. The summed E-state index contributed by atoms with van der Waals surface area (Å²) in [4.78, 5) is 18.7. The SMILES string of the molecule is CCNCC1CCN(C(=O)CCCc2nc(-c3ccc(F)cc3)no2)CC1.Cl. The van der Waals surface area contributed by atoms with E-state index in [0.29, 0.717) is 42.5 Å². The lowest BCUT2D eigenvalue weighted by molar-refractivity contribution is -0.132. The van der Waals surface area contributed by atoms with Gasteiger partial charge in [0, 0.05) is 31.5 Å². The van der Waals surface area contributed by atoms with E-state index in [1.54, 1.807) is 12.1 Å². The molecule has 0 radical (unpaired) electrons. The number of hydrogen-bond donors (Lipinski definition) is 1. The number of aryl methyl sites for hydroxylation is 1. The average Bonchev–Trinajstić information content (AvgIpc) is 3.16. The molecule has 1 aromatic heterocycles. The summed E-state index contributed by atoms with van der Waals surface area (Å²) in [6.45, 7) is 5.86. The lowest BCUT2D eigenvalue weighted by atomic mass is 9.96.